The molecule has 0 aromatic carbocycles. The van der Waals surface area contributed by atoms with Crippen molar-refractivity contribution in [2.75, 3.05) is 38.0 Å². The molecule has 0 atom stereocenters. The van der Waals surface area contributed by atoms with Crippen molar-refractivity contribution in [3.05, 3.63) is 41.5 Å². The minimum Gasteiger partial charge on any atom is -0.324 e. The van der Waals surface area contributed by atoms with Gasteiger partial charge in [0.1, 0.15) is 11.6 Å². The summed E-state index contributed by atoms with van der Waals surface area (Å²) in [5.74, 6) is 4.73. The van der Waals surface area contributed by atoms with Gasteiger partial charge in [-0.2, -0.15) is 0 Å². The second kappa shape index (κ2) is 9.67. The number of hydrogen-bond donors (Lipinski definition) is 2. The van der Waals surface area contributed by atoms with Crippen molar-refractivity contribution in [3.63, 3.8) is 0 Å². The summed E-state index contributed by atoms with van der Waals surface area (Å²) in [6.45, 7) is 6.08. The van der Waals surface area contributed by atoms with Crippen LogP contribution in [0.5, 0.6) is 0 Å². The first-order valence-corrected chi connectivity index (χ1v) is 13.3. The van der Waals surface area contributed by atoms with Gasteiger partial charge in [0.05, 0.1) is 18.1 Å². The van der Waals surface area contributed by atoms with Crippen molar-refractivity contribution in [1.82, 2.24) is 25.2 Å². The highest BCUT2D eigenvalue weighted by Gasteiger charge is 2.28. The van der Waals surface area contributed by atoms with E-state index in [1.807, 2.05) is 12.4 Å². The van der Waals surface area contributed by atoms with Crippen molar-refractivity contribution >= 4 is 11.6 Å². The fourth-order valence-electron chi connectivity index (χ4n) is 5.64. The Hall–Kier alpha value is -2.05. The molecule has 2 saturated carbocycles. The van der Waals surface area contributed by atoms with E-state index in [1.165, 1.54) is 82.3 Å². The van der Waals surface area contributed by atoms with Crippen LogP contribution in [-0.4, -0.2) is 52.6 Å². The second-order valence-corrected chi connectivity index (χ2v) is 10.9. The molecule has 0 amide bonds. The summed E-state index contributed by atoms with van der Waals surface area (Å²) < 4.78 is 0. The van der Waals surface area contributed by atoms with Crippen LogP contribution < -0.4 is 10.6 Å². The van der Waals surface area contributed by atoms with Gasteiger partial charge in [0, 0.05) is 18.2 Å². The number of pyridine rings is 1. The topological polar surface area (TPSA) is 66.0 Å². The van der Waals surface area contributed by atoms with E-state index < -0.39 is 0 Å². The number of piperidine rings is 2. The summed E-state index contributed by atoms with van der Waals surface area (Å²) in [6.07, 6.45) is 15.3. The maximum absolute atomic E-state index is 5.04. The van der Waals surface area contributed by atoms with Crippen LogP contribution in [0.2, 0.25) is 0 Å². The monoisotopic (exact) mass is 446 g/mol. The number of likely N-dealkylation sites (tertiary alicyclic amines) is 1. The lowest BCUT2D eigenvalue weighted by atomic mass is 9.87. The molecule has 2 saturated heterocycles. The molecule has 0 spiro atoms. The van der Waals surface area contributed by atoms with E-state index in [1.54, 1.807) is 0 Å². The maximum atomic E-state index is 5.04. The Balaban J connectivity index is 1.18. The largest absolute Gasteiger partial charge is 0.324 e. The van der Waals surface area contributed by atoms with E-state index in [0.29, 0.717) is 11.8 Å². The van der Waals surface area contributed by atoms with Crippen molar-refractivity contribution in [3.8, 4) is 0 Å². The van der Waals surface area contributed by atoms with Crippen LogP contribution in [0.1, 0.15) is 80.2 Å². The van der Waals surface area contributed by atoms with E-state index in [-0.39, 0.29) is 0 Å². The Morgan fingerprint density at radius 1 is 0.818 bits per heavy atom. The van der Waals surface area contributed by atoms with Crippen LogP contribution in [0.25, 0.3) is 0 Å². The molecule has 2 aromatic rings. The van der Waals surface area contributed by atoms with Crippen LogP contribution in [0.15, 0.2) is 24.5 Å². The Bertz CT molecular complexity index is 922. The number of rotatable bonds is 8. The standard InChI is InChI=1S/C27H38N6/c1-2-20(1)18-33-11-7-21(8-12-33)23-14-24(13-19-5-9-28-10-6-19)31-26(15-23)32-27-17-29-25(16-30-27)22-3-4-22/h14-17,19-22,28H,1-13,18H2,(H,30,31,32). The first-order chi connectivity index (χ1) is 16.3. The fourth-order valence-corrected chi connectivity index (χ4v) is 5.64. The van der Waals surface area contributed by atoms with Crippen LogP contribution in [0, 0.1) is 11.8 Å². The SMILES string of the molecule is c1c(C2CCN(CC3CC3)CC2)cc(Nc2cnc(C3CC3)cn2)nc1CC1CCNCC1. The van der Waals surface area contributed by atoms with Gasteiger partial charge in [-0.1, -0.05) is 0 Å². The van der Waals surface area contributed by atoms with Crippen molar-refractivity contribution in [2.24, 2.45) is 11.8 Å². The normalized spacial score (nSPS) is 23.0. The summed E-state index contributed by atoms with van der Waals surface area (Å²) in [5.41, 5.74) is 3.83. The minimum absolute atomic E-state index is 0.635. The van der Waals surface area contributed by atoms with E-state index >= 15 is 0 Å². The zero-order valence-corrected chi connectivity index (χ0v) is 19.8. The van der Waals surface area contributed by atoms with Crippen molar-refractivity contribution in [2.45, 2.75) is 69.6 Å². The Labute approximate surface area is 198 Å². The van der Waals surface area contributed by atoms with E-state index in [4.69, 9.17) is 4.98 Å². The highest BCUT2D eigenvalue weighted by molar-refractivity contribution is 5.52. The van der Waals surface area contributed by atoms with E-state index in [9.17, 15) is 0 Å². The lowest BCUT2D eigenvalue weighted by molar-refractivity contribution is 0.204. The van der Waals surface area contributed by atoms with Gasteiger partial charge in [-0.3, -0.25) is 4.98 Å². The molecule has 0 unspecified atom stereocenters. The molecule has 6 heteroatoms. The Morgan fingerprint density at radius 2 is 1.64 bits per heavy atom. The Kier molecular flexibility index (Phi) is 6.29. The summed E-state index contributed by atoms with van der Waals surface area (Å²) >= 11 is 0. The summed E-state index contributed by atoms with van der Waals surface area (Å²) in [5, 5.41) is 6.98. The van der Waals surface area contributed by atoms with Gasteiger partial charge in [-0.15, -0.1) is 0 Å². The van der Waals surface area contributed by atoms with Crippen LogP contribution >= 0.6 is 0 Å². The number of anilines is 2. The summed E-state index contributed by atoms with van der Waals surface area (Å²) in [7, 11) is 0. The number of aromatic nitrogens is 3. The predicted octanol–water partition coefficient (Wildman–Crippen LogP) is 4.62. The molecular weight excluding hydrogens is 408 g/mol. The number of nitrogens with one attached hydrogen (secondary N) is 2. The molecule has 6 rings (SSSR count). The van der Waals surface area contributed by atoms with Gasteiger partial charge in [-0.25, -0.2) is 9.97 Å². The van der Waals surface area contributed by atoms with Crippen molar-refractivity contribution in [1.29, 1.82) is 0 Å². The molecule has 33 heavy (non-hydrogen) atoms. The molecule has 176 valence electrons. The molecule has 2 aliphatic heterocycles. The quantitative estimate of drug-likeness (QED) is 0.617. The van der Waals surface area contributed by atoms with E-state index in [2.05, 4.69) is 37.6 Å². The molecule has 0 bridgehead atoms. The zero-order valence-electron chi connectivity index (χ0n) is 19.8. The van der Waals surface area contributed by atoms with Crippen LogP contribution in [0.4, 0.5) is 11.6 Å². The highest BCUT2D eigenvalue weighted by atomic mass is 15.1. The van der Waals surface area contributed by atoms with E-state index in [0.717, 1.165) is 48.7 Å². The minimum atomic E-state index is 0.635. The van der Waals surface area contributed by atoms with Gasteiger partial charge in [0.2, 0.25) is 0 Å². The first-order valence-electron chi connectivity index (χ1n) is 13.3. The molecule has 0 radical (unpaired) electrons. The van der Waals surface area contributed by atoms with Crippen molar-refractivity contribution < 1.29 is 0 Å². The molecule has 6 nitrogen and oxygen atoms in total. The second-order valence-electron chi connectivity index (χ2n) is 10.9. The molecular formula is C27H38N6. The molecule has 2 aromatic heterocycles. The van der Waals surface area contributed by atoms with Crippen LogP contribution in [-0.2, 0) is 6.42 Å². The fraction of sp³-hybridized carbons (Fsp3) is 0.667. The zero-order chi connectivity index (χ0) is 22.0. The molecule has 4 aliphatic rings. The van der Waals surface area contributed by atoms with Gasteiger partial charge in [0.15, 0.2) is 0 Å². The smallest absolute Gasteiger partial charge is 0.150 e. The maximum Gasteiger partial charge on any atom is 0.150 e. The van der Waals surface area contributed by atoms with Crippen LogP contribution in [0.3, 0.4) is 0 Å². The van der Waals surface area contributed by atoms with Gasteiger partial charge in [-0.05, 0) is 119 Å². The average molecular weight is 447 g/mol. The third kappa shape index (κ3) is 5.72. The highest BCUT2D eigenvalue weighted by Crippen LogP contribution is 2.39. The average Bonchev–Trinajstić information content (AvgIpc) is 3.76. The third-order valence-corrected chi connectivity index (χ3v) is 8.05. The molecule has 2 aliphatic carbocycles. The van der Waals surface area contributed by atoms with Gasteiger partial charge >= 0.3 is 0 Å². The number of nitrogens with zero attached hydrogens (tertiary/aromatic N) is 4. The number of hydrogen-bond acceptors (Lipinski definition) is 6. The molecule has 4 fully saturated rings. The third-order valence-electron chi connectivity index (χ3n) is 8.05. The predicted molar refractivity (Wildman–Crippen MR) is 132 cm³/mol. The summed E-state index contributed by atoms with van der Waals surface area (Å²) in [6, 6.07) is 4.69. The molecule has 4 heterocycles. The lowest BCUT2D eigenvalue weighted by Gasteiger charge is -2.32. The van der Waals surface area contributed by atoms with Gasteiger partial charge in [0.25, 0.3) is 0 Å². The van der Waals surface area contributed by atoms with Gasteiger partial charge < -0.3 is 15.5 Å². The molecule has 2 N–H and O–H groups in total. The Morgan fingerprint density at radius 3 is 2.33 bits per heavy atom. The lowest BCUT2D eigenvalue weighted by Crippen LogP contribution is -2.34. The first kappa shape index (κ1) is 21.5. The summed E-state index contributed by atoms with van der Waals surface area (Å²) in [4.78, 5) is 17.0.